The number of aryl methyl sites for hydroxylation is 3. The third-order valence-corrected chi connectivity index (χ3v) is 2.93. The van der Waals surface area contributed by atoms with Gasteiger partial charge in [-0.1, -0.05) is 6.07 Å². The molecule has 3 nitrogen and oxygen atoms in total. The van der Waals surface area contributed by atoms with Crippen molar-refractivity contribution in [3.8, 4) is 0 Å². The summed E-state index contributed by atoms with van der Waals surface area (Å²) < 4.78 is 0. The van der Waals surface area contributed by atoms with Crippen LogP contribution in [-0.4, -0.2) is 9.97 Å². The zero-order chi connectivity index (χ0) is 13.1. The van der Waals surface area contributed by atoms with E-state index in [1.165, 1.54) is 11.1 Å². The van der Waals surface area contributed by atoms with Crippen LogP contribution in [0.5, 0.6) is 0 Å². The van der Waals surface area contributed by atoms with Crippen molar-refractivity contribution in [1.82, 2.24) is 9.97 Å². The molecule has 0 amide bonds. The van der Waals surface area contributed by atoms with Gasteiger partial charge >= 0.3 is 0 Å². The van der Waals surface area contributed by atoms with Crippen molar-refractivity contribution in [2.45, 2.75) is 33.7 Å². The fourth-order valence-corrected chi connectivity index (χ4v) is 2.22. The number of anilines is 1. The molecule has 94 valence electrons. The molecule has 3 heteroatoms. The van der Waals surface area contributed by atoms with Crippen LogP contribution in [0.2, 0.25) is 0 Å². The van der Waals surface area contributed by atoms with Gasteiger partial charge in [-0.2, -0.15) is 0 Å². The smallest absolute Gasteiger partial charge is 0.0835 e. The molecule has 0 bridgehead atoms. The summed E-state index contributed by atoms with van der Waals surface area (Å²) in [5, 5.41) is 3.48. The minimum absolute atomic E-state index is 0.153. The van der Waals surface area contributed by atoms with E-state index in [0.29, 0.717) is 0 Å². The van der Waals surface area contributed by atoms with Gasteiger partial charge in [0, 0.05) is 18.1 Å². The highest BCUT2D eigenvalue weighted by Gasteiger charge is 2.10. The Morgan fingerprint density at radius 1 is 0.944 bits per heavy atom. The van der Waals surface area contributed by atoms with Crippen LogP contribution < -0.4 is 5.32 Å². The maximum absolute atomic E-state index is 4.39. The van der Waals surface area contributed by atoms with Crippen LogP contribution in [0.25, 0.3) is 0 Å². The summed E-state index contributed by atoms with van der Waals surface area (Å²) in [4.78, 5) is 8.67. The van der Waals surface area contributed by atoms with Crippen molar-refractivity contribution in [3.05, 3.63) is 53.1 Å². The third-order valence-electron chi connectivity index (χ3n) is 2.93. The Hall–Kier alpha value is -1.90. The molecule has 1 heterocycles. The van der Waals surface area contributed by atoms with Gasteiger partial charge in [-0.25, -0.2) is 0 Å². The van der Waals surface area contributed by atoms with E-state index in [0.717, 1.165) is 17.1 Å². The van der Waals surface area contributed by atoms with Crippen molar-refractivity contribution in [1.29, 1.82) is 0 Å². The average molecular weight is 241 g/mol. The minimum atomic E-state index is 0.153. The predicted molar refractivity (Wildman–Crippen MR) is 74.7 cm³/mol. The van der Waals surface area contributed by atoms with Gasteiger partial charge in [-0.3, -0.25) is 9.97 Å². The van der Waals surface area contributed by atoms with Gasteiger partial charge in [0.2, 0.25) is 0 Å². The molecular weight excluding hydrogens is 222 g/mol. The third kappa shape index (κ3) is 2.86. The standard InChI is InChI=1S/C15H19N3/c1-10-7-11(2)9-14(8-10)18-13(4)15-12(3)16-5-6-17-15/h5-9,13,18H,1-4H3. The van der Waals surface area contributed by atoms with E-state index >= 15 is 0 Å². The summed E-state index contributed by atoms with van der Waals surface area (Å²) in [5.41, 5.74) is 5.63. The van der Waals surface area contributed by atoms with E-state index in [1.54, 1.807) is 12.4 Å². The fourth-order valence-electron chi connectivity index (χ4n) is 2.22. The highest BCUT2D eigenvalue weighted by atomic mass is 15.0. The molecule has 1 aromatic carbocycles. The van der Waals surface area contributed by atoms with Crippen molar-refractivity contribution < 1.29 is 0 Å². The molecule has 1 aromatic heterocycles. The highest BCUT2D eigenvalue weighted by Crippen LogP contribution is 2.21. The lowest BCUT2D eigenvalue weighted by Crippen LogP contribution is -2.11. The second-order valence-electron chi connectivity index (χ2n) is 4.77. The molecule has 1 atom stereocenters. The fraction of sp³-hybridized carbons (Fsp3) is 0.333. The van der Waals surface area contributed by atoms with Crippen LogP contribution in [-0.2, 0) is 0 Å². The molecule has 0 saturated carbocycles. The van der Waals surface area contributed by atoms with Crippen LogP contribution in [0, 0.1) is 20.8 Å². The largest absolute Gasteiger partial charge is 0.377 e. The molecule has 0 aliphatic rings. The normalized spacial score (nSPS) is 12.2. The zero-order valence-corrected chi connectivity index (χ0v) is 11.4. The van der Waals surface area contributed by atoms with Gasteiger partial charge in [0.25, 0.3) is 0 Å². The van der Waals surface area contributed by atoms with E-state index in [9.17, 15) is 0 Å². The first-order valence-electron chi connectivity index (χ1n) is 6.18. The molecule has 0 aliphatic heterocycles. The van der Waals surface area contributed by atoms with Crippen LogP contribution in [0.3, 0.4) is 0 Å². The van der Waals surface area contributed by atoms with Crippen LogP contribution >= 0.6 is 0 Å². The predicted octanol–water partition coefficient (Wildman–Crippen LogP) is 3.57. The lowest BCUT2D eigenvalue weighted by Gasteiger charge is -2.17. The number of rotatable bonds is 3. The first kappa shape index (κ1) is 12.6. The Labute approximate surface area is 108 Å². The lowest BCUT2D eigenvalue weighted by atomic mass is 10.1. The first-order chi connectivity index (χ1) is 8.56. The summed E-state index contributed by atoms with van der Waals surface area (Å²) in [7, 11) is 0. The lowest BCUT2D eigenvalue weighted by molar-refractivity contribution is 0.810. The van der Waals surface area contributed by atoms with Crippen molar-refractivity contribution in [3.63, 3.8) is 0 Å². The second-order valence-corrected chi connectivity index (χ2v) is 4.77. The summed E-state index contributed by atoms with van der Waals surface area (Å²) in [6.45, 7) is 8.31. The van der Waals surface area contributed by atoms with Gasteiger partial charge in [-0.05, 0) is 51.0 Å². The second kappa shape index (κ2) is 5.17. The molecule has 0 radical (unpaired) electrons. The molecule has 0 spiro atoms. The van der Waals surface area contributed by atoms with Gasteiger partial charge in [0.15, 0.2) is 0 Å². The van der Waals surface area contributed by atoms with E-state index < -0.39 is 0 Å². The van der Waals surface area contributed by atoms with Crippen molar-refractivity contribution in [2.24, 2.45) is 0 Å². The topological polar surface area (TPSA) is 37.8 Å². The summed E-state index contributed by atoms with van der Waals surface area (Å²) in [6.07, 6.45) is 3.46. The Balaban J connectivity index is 2.21. The molecule has 0 aliphatic carbocycles. The molecule has 1 unspecified atom stereocenters. The number of aromatic nitrogens is 2. The van der Waals surface area contributed by atoms with Crippen LogP contribution in [0.15, 0.2) is 30.6 Å². The van der Waals surface area contributed by atoms with Gasteiger partial charge in [0.1, 0.15) is 0 Å². The van der Waals surface area contributed by atoms with Gasteiger partial charge < -0.3 is 5.32 Å². The summed E-state index contributed by atoms with van der Waals surface area (Å²) in [6, 6.07) is 6.62. The van der Waals surface area contributed by atoms with Crippen molar-refractivity contribution >= 4 is 5.69 Å². The Kier molecular flexibility index (Phi) is 3.60. The maximum Gasteiger partial charge on any atom is 0.0835 e. The maximum atomic E-state index is 4.39. The van der Waals surface area contributed by atoms with E-state index in [-0.39, 0.29) is 6.04 Å². The molecule has 0 saturated heterocycles. The van der Waals surface area contributed by atoms with Gasteiger partial charge in [-0.15, -0.1) is 0 Å². The van der Waals surface area contributed by atoms with Gasteiger partial charge in [0.05, 0.1) is 17.4 Å². The zero-order valence-electron chi connectivity index (χ0n) is 11.4. The van der Waals surface area contributed by atoms with E-state index in [4.69, 9.17) is 0 Å². The molecule has 0 fully saturated rings. The number of nitrogens with zero attached hydrogens (tertiary/aromatic N) is 2. The molecule has 18 heavy (non-hydrogen) atoms. The average Bonchev–Trinajstić information content (AvgIpc) is 2.27. The molecule has 2 rings (SSSR count). The monoisotopic (exact) mass is 241 g/mol. The molecule has 2 aromatic rings. The summed E-state index contributed by atoms with van der Waals surface area (Å²) >= 11 is 0. The summed E-state index contributed by atoms with van der Waals surface area (Å²) in [5.74, 6) is 0. The molecular formula is C15H19N3. The number of hydrogen-bond acceptors (Lipinski definition) is 3. The minimum Gasteiger partial charge on any atom is -0.377 e. The van der Waals surface area contributed by atoms with Crippen molar-refractivity contribution in [2.75, 3.05) is 5.32 Å². The molecule has 1 N–H and O–H groups in total. The Morgan fingerprint density at radius 2 is 1.56 bits per heavy atom. The number of benzene rings is 1. The first-order valence-corrected chi connectivity index (χ1v) is 6.18. The quantitative estimate of drug-likeness (QED) is 0.892. The van der Waals surface area contributed by atoms with E-state index in [1.807, 2.05) is 6.92 Å². The Bertz CT molecular complexity index is 529. The van der Waals surface area contributed by atoms with Crippen LogP contribution in [0.1, 0.15) is 35.5 Å². The highest BCUT2D eigenvalue weighted by molar-refractivity contribution is 5.49. The Morgan fingerprint density at radius 3 is 2.17 bits per heavy atom. The van der Waals surface area contributed by atoms with Crippen LogP contribution in [0.4, 0.5) is 5.69 Å². The van der Waals surface area contributed by atoms with E-state index in [2.05, 4.69) is 54.3 Å². The number of hydrogen-bond donors (Lipinski definition) is 1. The SMILES string of the molecule is Cc1cc(C)cc(NC(C)c2nccnc2C)c1. The number of nitrogens with one attached hydrogen (secondary N) is 1.